The highest BCUT2D eigenvalue weighted by Crippen LogP contribution is 2.20. The van der Waals surface area contributed by atoms with Crippen molar-refractivity contribution in [2.45, 2.75) is 30.3 Å². The van der Waals surface area contributed by atoms with Crippen molar-refractivity contribution in [3.63, 3.8) is 0 Å². The van der Waals surface area contributed by atoms with Crippen molar-refractivity contribution < 1.29 is 8.42 Å². The minimum atomic E-state index is -3.21. The number of hydrogen-bond acceptors (Lipinski definition) is 6. The van der Waals surface area contributed by atoms with E-state index >= 15 is 0 Å². The van der Waals surface area contributed by atoms with E-state index in [4.69, 9.17) is 5.26 Å². The van der Waals surface area contributed by atoms with Gasteiger partial charge in [-0.15, -0.1) is 12.4 Å². The Kier molecular flexibility index (Phi) is 9.30. The summed E-state index contributed by atoms with van der Waals surface area (Å²) in [7, 11) is -3.21. The highest BCUT2D eigenvalue weighted by molar-refractivity contribution is 7.91. The molecule has 0 bridgehead atoms. The highest BCUT2D eigenvalue weighted by atomic mass is 35.5. The number of halogens is 1. The molecule has 4 rings (SSSR count). The number of piperazine rings is 1. The average Bonchev–Trinajstić information content (AvgIpc) is 2.84. The molecule has 0 N–H and O–H groups in total. The molecule has 0 aromatic heterocycles. The van der Waals surface area contributed by atoms with E-state index in [9.17, 15) is 8.42 Å². The number of nitrogens with zero attached hydrogens (tertiary/aromatic N) is 4. The van der Waals surface area contributed by atoms with Crippen molar-refractivity contribution in [1.82, 2.24) is 14.7 Å². The van der Waals surface area contributed by atoms with Gasteiger partial charge < -0.3 is 0 Å². The van der Waals surface area contributed by atoms with Crippen LogP contribution in [0.15, 0.2) is 59.5 Å². The van der Waals surface area contributed by atoms with Crippen LogP contribution in [0.25, 0.3) is 0 Å². The van der Waals surface area contributed by atoms with Crippen LogP contribution < -0.4 is 0 Å². The average molecular weight is 489 g/mol. The number of hydrogen-bond donors (Lipinski definition) is 0. The zero-order valence-corrected chi connectivity index (χ0v) is 20.6. The first kappa shape index (κ1) is 25.7. The van der Waals surface area contributed by atoms with Crippen LogP contribution in [0.5, 0.6) is 0 Å². The molecule has 0 amide bonds. The molecule has 2 aliphatic heterocycles. The van der Waals surface area contributed by atoms with Crippen LogP contribution >= 0.6 is 12.4 Å². The lowest BCUT2D eigenvalue weighted by atomic mass is 10.0. The number of nitriles is 1. The van der Waals surface area contributed by atoms with Gasteiger partial charge in [0.1, 0.15) is 0 Å². The van der Waals surface area contributed by atoms with Crippen molar-refractivity contribution in [1.29, 1.82) is 5.26 Å². The number of benzene rings is 2. The lowest BCUT2D eigenvalue weighted by Crippen LogP contribution is -2.53. The Morgan fingerprint density at radius 2 is 1.58 bits per heavy atom. The van der Waals surface area contributed by atoms with Crippen LogP contribution in [-0.2, 0) is 16.4 Å². The van der Waals surface area contributed by atoms with Gasteiger partial charge in [0.2, 0.25) is 0 Å². The van der Waals surface area contributed by atoms with Gasteiger partial charge >= 0.3 is 0 Å². The van der Waals surface area contributed by atoms with Crippen LogP contribution in [0.4, 0.5) is 0 Å². The monoisotopic (exact) mass is 488 g/mol. The molecule has 0 aliphatic carbocycles. The summed E-state index contributed by atoms with van der Waals surface area (Å²) >= 11 is 0. The van der Waals surface area contributed by atoms with Gasteiger partial charge in [-0.05, 0) is 55.8 Å². The highest BCUT2D eigenvalue weighted by Gasteiger charge is 2.28. The summed E-state index contributed by atoms with van der Waals surface area (Å²) in [5.41, 5.74) is 1.94. The zero-order chi connectivity index (χ0) is 22.4. The topological polar surface area (TPSA) is 67.7 Å². The Morgan fingerprint density at radius 1 is 0.879 bits per heavy atom. The second-order valence-corrected chi connectivity index (χ2v) is 10.9. The molecule has 0 radical (unpaired) electrons. The molecule has 33 heavy (non-hydrogen) atoms. The lowest BCUT2D eigenvalue weighted by Gasteiger charge is -2.42. The van der Waals surface area contributed by atoms with Crippen LogP contribution in [0.1, 0.15) is 24.0 Å². The van der Waals surface area contributed by atoms with E-state index in [1.807, 2.05) is 24.3 Å². The summed E-state index contributed by atoms with van der Waals surface area (Å²) in [4.78, 5) is 7.78. The molecule has 0 atom stereocenters. The van der Waals surface area contributed by atoms with Gasteiger partial charge in [-0.1, -0.05) is 30.3 Å². The third-order valence-electron chi connectivity index (χ3n) is 6.72. The Morgan fingerprint density at radius 3 is 2.24 bits per heavy atom. The van der Waals surface area contributed by atoms with E-state index in [1.54, 1.807) is 24.3 Å². The SMILES string of the molecule is Cl.N#Cc1cccc(CN2CCC(N3CCN(CCS(=O)(=O)c4ccccc4)CC3)CC2)c1. The standard InChI is InChI=1S/C25H32N4O2S.ClH/c26-20-22-5-4-6-23(19-22)21-28-11-9-24(10-12-28)29-15-13-27(14-16-29)17-18-32(30,31)25-7-2-1-3-8-25;/h1-8,19,24H,9-18,21H2;1H. The van der Waals surface area contributed by atoms with E-state index in [-0.39, 0.29) is 18.2 Å². The predicted molar refractivity (Wildman–Crippen MR) is 133 cm³/mol. The van der Waals surface area contributed by atoms with Crippen molar-refractivity contribution >= 4 is 22.2 Å². The molecular weight excluding hydrogens is 456 g/mol. The molecule has 0 unspecified atom stereocenters. The number of sulfone groups is 1. The predicted octanol–water partition coefficient (Wildman–Crippen LogP) is 3.04. The van der Waals surface area contributed by atoms with Gasteiger partial charge in [-0.25, -0.2) is 8.42 Å². The molecule has 0 spiro atoms. The van der Waals surface area contributed by atoms with E-state index in [0.29, 0.717) is 17.5 Å². The molecule has 2 saturated heterocycles. The molecule has 2 aromatic carbocycles. The fourth-order valence-corrected chi connectivity index (χ4v) is 6.09. The van der Waals surface area contributed by atoms with Crippen LogP contribution in [0.2, 0.25) is 0 Å². The maximum Gasteiger partial charge on any atom is 0.179 e. The second-order valence-electron chi connectivity index (χ2n) is 8.83. The first-order chi connectivity index (χ1) is 15.5. The van der Waals surface area contributed by atoms with Crippen molar-refractivity contribution in [3.05, 3.63) is 65.7 Å². The van der Waals surface area contributed by atoms with Crippen molar-refractivity contribution in [2.24, 2.45) is 0 Å². The Hall–Kier alpha value is -1.95. The summed E-state index contributed by atoms with van der Waals surface area (Å²) in [6, 6.07) is 19.5. The maximum absolute atomic E-state index is 12.5. The van der Waals surface area contributed by atoms with E-state index in [2.05, 4.69) is 26.8 Å². The molecule has 178 valence electrons. The van der Waals surface area contributed by atoms with Crippen LogP contribution in [0, 0.1) is 11.3 Å². The molecule has 2 heterocycles. The zero-order valence-electron chi connectivity index (χ0n) is 19.0. The minimum Gasteiger partial charge on any atom is -0.300 e. The largest absolute Gasteiger partial charge is 0.300 e. The van der Waals surface area contributed by atoms with Gasteiger partial charge in [0, 0.05) is 45.3 Å². The van der Waals surface area contributed by atoms with Crippen LogP contribution in [-0.4, -0.2) is 80.7 Å². The quantitative estimate of drug-likeness (QED) is 0.596. The van der Waals surface area contributed by atoms with E-state index < -0.39 is 9.84 Å². The van der Waals surface area contributed by atoms with Crippen molar-refractivity contribution in [3.8, 4) is 6.07 Å². The second kappa shape index (κ2) is 12.0. The summed E-state index contributed by atoms with van der Waals surface area (Å²) in [5.74, 6) is 0.183. The Bertz CT molecular complexity index is 1030. The Labute approximate surface area is 204 Å². The molecule has 6 nitrogen and oxygen atoms in total. The molecule has 0 saturated carbocycles. The van der Waals surface area contributed by atoms with Gasteiger partial charge in [0.25, 0.3) is 0 Å². The summed E-state index contributed by atoms with van der Waals surface area (Å²) in [5, 5.41) is 9.09. The smallest absolute Gasteiger partial charge is 0.179 e. The summed E-state index contributed by atoms with van der Waals surface area (Å²) in [6.07, 6.45) is 2.33. The van der Waals surface area contributed by atoms with E-state index in [1.165, 1.54) is 18.4 Å². The van der Waals surface area contributed by atoms with Gasteiger partial charge in [-0.2, -0.15) is 5.26 Å². The summed E-state index contributed by atoms with van der Waals surface area (Å²) in [6.45, 7) is 7.57. The number of piperidine rings is 1. The lowest BCUT2D eigenvalue weighted by molar-refractivity contribution is 0.0596. The third kappa shape index (κ3) is 7.02. The molecule has 2 aliphatic rings. The fraction of sp³-hybridized carbons (Fsp3) is 0.480. The van der Waals surface area contributed by atoms with Crippen LogP contribution in [0.3, 0.4) is 0 Å². The van der Waals surface area contributed by atoms with Gasteiger partial charge in [-0.3, -0.25) is 14.7 Å². The minimum absolute atomic E-state index is 0. The summed E-state index contributed by atoms with van der Waals surface area (Å²) < 4.78 is 25.1. The molecular formula is C25H33ClN4O2S. The van der Waals surface area contributed by atoms with Crippen molar-refractivity contribution in [2.75, 3.05) is 51.6 Å². The van der Waals surface area contributed by atoms with E-state index in [0.717, 1.165) is 51.4 Å². The van der Waals surface area contributed by atoms with Gasteiger partial charge in [0.15, 0.2) is 9.84 Å². The Balaban J connectivity index is 0.00000306. The third-order valence-corrected chi connectivity index (χ3v) is 8.43. The first-order valence-corrected chi connectivity index (χ1v) is 13.1. The maximum atomic E-state index is 12.5. The normalized spacial score (nSPS) is 19.0. The molecule has 8 heteroatoms. The molecule has 2 aromatic rings. The number of likely N-dealkylation sites (tertiary alicyclic amines) is 1. The molecule has 2 fully saturated rings. The van der Waals surface area contributed by atoms with Gasteiger partial charge in [0.05, 0.1) is 22.3 Å². The number of rotatable bonds is 7. The fourth-order valence-electron chi connectivity index (χ4n) is 4.79. The first-order valence-electron chi connectivity index (χ1n) is 11.5.